The maximum Gasteiger partial charge on any atom is 0.338 e. The van der Waals surface area contributed by atoms with Crippen molar-refractivity contribution in [3.63, 3.8) is 0 Å². The standard InChI is InChI=1S/C28H40O7/c1-23-10-7-18-16(13-21(30)28(34)9-5-6-20(29)25(18,28)3)17(23)8-11-27(23,33)19-12-15-14-24(19,2)26(4,32)22(31)35-15/h5-6,15-19,21,30,32-34H,7-14H2,1-4H3/t15-,16-,17-,18-,19+,21+,23-,24-,25-,26-,27+,28-/m0/s1. The SMILES string of the molecule is C[C@]1(O)C(=O)O[C@H]2C[C@@H]([C@]3(O)CC[C@H]4[C@@H]5C[C@@H](O)[C@@]6(O)CC=CC(=O)[C@]6(C)[C@H]5CC[C@@]43C)[C@]1(C)C2. The largest absolute Gasteiger partial charge is 0.460 e. The van der Waals surface area contributed by atoms with Gasteiger partial charge in [-0.25, -0.2) is 4.79 Å². The molecule has 4 saturated carbocycles. The Morgan fingerprint density at radius 2 is 1.60 bits per heavy atom. The fraction of sp³-hybridized carbons (Fsp3) is 0.857. The van der Waals surface area contributed by atoms with Crippen LogP contribution in [0, 0.1) is 39.9 Å². The smallest absolute Gasteiger partial charge is 0.338 e. The summed E-state index contributed by atoms with van der Waals surface area (Å²) < 4.78 is 5.55. The van der Waals surface area contributed by atoms with Crippen molar-refractivity contribution < 1.29 is 34.8 Å². The maximum atomic E-state index is 13.3. The molecule has 0 aromatic heterocycles. The van der Waals surface area contributed by atoms with Gasteiger partial charge >= 0.3 is 5.97 Å². The lowest BCUT2D eigenvalue weighted by atomic mass is 9.42. The summed E-state index contributed by atoms with van der Waals surface area (Å²) in [4.78, 5) is 25.9. The normalized spacial score (nSPS) is 61.1. The number of ether oxygens (including phenoxy) is 1. The second-order valence-electron chi connectivity index (χ2n) is 13.7. The molecule has 0 spiro atoms. The van der Waals surface area contributed by atoms with Crippen LogP contribution in [-0.4, -0.2) is 61.2 Å². The quantitative estimate of drug-likeness (QED) is 0.418. The number of esters is 1. The van der Waals surface area contributed by atoms with E-state index in [2.05, 4.69) is 6.92 Å². The molecule has 0 amide bonds. The zero-order valence-electron chi connectivity index (χ0n) is 21.3. The van der Waals surface area contributed by atoms with Crippen molar-refractivity contribution >= 4 is 11.8 Å². The van der Waals surface area contributed by atoms with Crippen molar-refractivity contribution in [2.75, 3.05) is 0 Å². The zero-order chi connectivity index (χ0) is 25.4. The van der Waals surface area contributed by atoms with E-state index in [1.165, 1.54) is 6.92 Å². The predicted molar refractivity (Wildman–Crippen MR) is 126 cm³/mol. The van der Waals surface area contributed by atoms with E-state index in [9.17, 15) is 30.0 Å². The van der Waals surface area contributed by atoms with Crippen LogP contribution < -0.4 is 0 Å². The van der Waals surface area contributed by atoms with Gasteiger partial charge in [0.1, 0.15) is 11.7 Å². The Kier molecular flexibility index (Phi) is 4.66. The Labute approximate surface area is 206 Å². The van der Waals surface area contributed by atoms with E-state index in [-0.39, 0.29) is 42.0 Å². The highest BCUT2D eigenvalue weighted by molar-refractivity contribution is 5.97. The summed E-state index contributed by atoms with van der Waals surface area (Å²) in [6.07, 6.45) is 6.41. The average molecular weight is 489 g/mol. The molecule has 2 bridgehead atoms. The first-order valence-corrected chi connectivity index (χ1v) is 13.4. The summed E-state index contributed by atoms with van der Waals surface area (Å²) in [5.41, 5.74) is -6.56. The third-order valence-electron chi connectivity index (χ3n) is 12.8. The summed E-state index contributed by atoms with van der Waals surface area (Å²) >= 11 is 0. The van der Waals surface area contributed by atoms with Crippen LogP contribution in [0.2, 0.25) is 0 Å². The number of ketones is 1. The molecule has 1 heterocycles. The van der Waals surface area contributed by atoms with Crippen LogP contribution in [0.1, 0.15) is 79.1 Å². The van der Waals surface area contributed by atoms with Crippen molar-refractivity contribution in [3.05, 3.63) is 12.2 Å². The van der Waals surface area contributed by atoms with Crippen molar-refractivity contribution in [3.8, 4) is 0 Å². The minimum Gasteiger partial charge on any atom is -0.460 e. The molecule has 35 heavy (non-hydrogen) atoms. The lowest BCUT2D eigenvalue weighted by Gasteiger charge is -2.64. The zero-order valence-corrected chi connectivity index (χ0v) is 21.3. The molecule has 194 valence electrons. The van der Waals surface area contributed by atoms with E-state index in [0.717, 1.165) is 6.42 Å². The van der Waals surface area contributed by atoms with Crippen LogP contribution in [0.25, 0.3) is 0 Å². The van der Waals surface area contributed by atoms with Crippen molar-refractivity contribution in [1.82, 2.24) is 0 Å². The van der Waals surface area contributed by atoms with Crippen LogP contribution in [0.5, 0.6) is 0 Å². The Morgan fingerprint density at radius 1 is 0.914 bits per heavy atom. The molecule has 0 aromatic carbocycles. The van der Waals surface area contributed by atoms with Gasteiger partial charge in [-0.3, -0.25) is 4.79 Å². The number of carbonyl (C=O) groups is 2. The van der Waals surface area contributed by atoms with Crippen LogP contribution in [0.15, 0.2) is 12.2 Å². The summed E-state index contributed by atoms with van der Waals surface area (Å²) in [5, 5.41) is 46.6. The number of fused-ring (bicyclic) bond motifs is 7. The molecular weight excluding hydrogens is 448 g/mol. The first-order valence-electron chi connectivity index (χ1n) is 13.4. The minimum atomic E-state index is -1.67. The predicted octanol–water partition coefficient (Wildman–Crippen LogP) is 2.28. The number of aliphatic hydroxyl groups is 4. The number of hydrogen-bond acceptors (Lipinski definition) is 7. The monoisotopic (exact) mass is 488 g/mol. The molecule has 1 aliphatic heterocycles. The van der Waals surface area contributed by atoms with Crippen molar-refractivity contribution in [1.29, 1.82) is 0 Å². The molecule has 4 N–H and O–H groups in total. The fourth-order valence-electron chi connectivity index (χ4n) is 10.4. The highest BCUT2D eigenvalue weighted by atomic mass is 16.6. The number of allylic oxidation sites excluding steroid dienone is 1. The molecule has 12 atom stereocenters. The molecule has 5 aliphatic carbocycles. The first-order chi connectivity index (χ1) is 16.2. The third kappa shape index (κ3) is 2.47. The van der Waals surface area contributed by atoms with Gasteiger partial charge in [-0.1, -0.05) is 19.9 Å². The number of rotatable bonds is 1. The van der Waals surface area contributed by atoms with Gasteiger partial charge in [0.05, 0.1) is 17.1 Å². The van der Waals surface area contributed by atoms with Gasteiger partial charge in [-0.2, -0.15) is 0 Å². The average Bonchev–Trinajstić information content (AvgIpc) is 3.24. The van der Waals surface area contributed by atoms with Gasteiger partial charge in [0, 0.05) is 11.3 Å². The van der Waals surface area contributed by atoms with Gasteiger partial charge in [-0.15, -0.1) is 0 Å². The minimum absolute atomic E-state index is 0.00507. The summed E-state index contributed by atoms with van der Waals surface area (Å²) in [6, 6.07) is 0. The Morgan fingerprint density at radius 3 is 2.31 bits per heavy atom. The topological polar surface area (TPSA) is 124 Å². The van der Waals surface area contributed by atoms with Gasteiger partial charge in [0.15, 0.2) is 11.4 Å². The van der Waals surface area contributed by atoms with Crippen LogP contribution in [0.3, 0.4) is 0 Å². The van der Waals surface area contributed by atoms with Crippen molar-refractivity contribution in [2.24, 2.45) is 39.9 Å². The van der Waals surface area contributed by atoms with E-state index >= 15 is 0 Å². The Bertz CT molecular complexity index is 1020. The highest BCUT2D eigenvalue weighted by Gasteiger charge is 2.75. The fourth-order valence-corrected chi connectivity index (χ4v) is 10.4. The third-order valence-corrected chi connectivity index (χ3v) is 12.8. The first kappa shape index (κ1) is 24.1. The molecule has 5 fully saturated rings. The molecule has 1 saturated heterocycles. The van der Waals surface area contributed by atoms with E-state index in [1.807, 2.05) is 13.8 Å². The van der Waals surface area contributed by atoms with Gasteiger partial charge < -0.3 is 25.2 Å². The second kappa shape index (κ2) is 6.77. The van der Waals surface area contributed by atoms with Crippen molar-refractivity contribution in [2.45, 2.75) is 108 Å². The summed E-state index contributed by atoms with van der Waals surface area (Å²) in [6.45, 7) is 7.43. The lowest BCUT2D eigenvalue weighted by molar-refractivity contribution is -0.245. The lowest BCUT2D eigenvalue weighted by Crippen LogP contribution is -2.70. The molecule has 0 aromatic rings. The number of aliphatic hydroxyl groups excluding tert-OH is 1. The van der Waals surface area contributed by atoms with Gasteiger partial charge in [-0.05, 0) is 94.5 Å². The van der Waals surface area contributed by atoms with Crippen LogP contribution in [-0.2, 0) is 14.3 Å². The molecular formula is C28H40O7. The van der Waals surface area contributed by atoms with E-state index < -0.39 is 45.1 Å². The molecule has 6 aliphatic rings. The highest BCUT2D eigenvalue weighted by Crippen LogP contribution is 2.72. The van der Waals surface area contributed by atoms with E-state index in [0.29, 0.717) is 38.5 Å². The molecule has 7 heteroatoms. The summed E-state index contributed by atoms with van der Waals surface area (Å²) in [7, 11) is 0. The molecule has 7 nitrogen and oxygen atoms in total. The van der Waals surface area contributed by atoms with Crippen LogP contribution >= 0.6 is 0 Å². The van der Waals surface area contributed by atoms with Gasteiger partial charge in [0.2, 0.25) is 0 Å². The Balaban J connectivity index is 1.39. The molecule has 0 radical (unpaired) electrons. The summed E-state index contributed by atoms with van der Waals surface area (Å²) in [5.74, 6) is -0.997. The van der Waals surface area contributed by atoms with Gasteiger partial charge in [0.25, 0.3) is 0 Å². The molecule has 0 unspecified atom stereocenters. The van der Waals surface area contributed by atoms with E-state index in [1.54, 1.807) is 12.2 Å². The molecule has 6 rings (SSSR count). The second-order valence-corrected chi connectivity index (χ2v) is 13.7. The van der Waals surface area contributed by atoms with Crippen LogP contribution in [0.4, 0.5) is 0 Å². The Hall–Kier alpha value is -1.28. The number of hydrogen-bond donors (Lipinski definition) is 4. The maximum absolute atomic E-state index is 13.3. The van der Waals surface area contributed by atoms with E-state index in [4.69, 9.17) is 4.74 Å². The number of carbonyl (C=O) groups excluding carboxylic acids is 2.